The van der Waals surface area contributed by atoms with Gasteiger partial charge in [-0.2, -0.15) is 13.2 Å². The van der Waals surface area contributed by atoms with Crippen molar-refractivity contribution in [2.75, 3.05) is 38.6 Å². The van der Waals surface area contributed by atoms with Crippen LogP contribution >= 0.6 is 0 Å². The van der Waals surface area contributed by atoms with Crippen LogP contribution in [-0.4, -0.2) is 43.7 Å². The summed E-state index contributed by atoms with van der Waals surface area (Å²) >= 11 is 0. The van der Waals surface area contributed by atoms with Crippen molar-refractivity contribution in [1.29, 1.82) is 0 Å². The average Bonchev–Trinajstić information content (AvgIpc) is 2.82. The molecule has 0 saturated carbocycles. The second-order valence-corrected chi connectivity index (χ2v) is 5.80. The van der Waals surface area contributed by atoms with Gasteiger partial charge in [0.2, 0.25) is 0 Å². The fourth-order valence-corrected chi connectivity index (χ4v) is 2.90. The molecule has 3 nitrogen and oxygen atoms in total. The summed E-state index contributed by atoms with van der Waals surface area (Å²) in [6.45, 7) is 2.13. The van der Waals surface area contributed by atoms with Crippen LogP contribution in [0.3, 0.4) is 0 Å². The van der Waals surface area contributed by atoms with Crippen LogP contribution in [0.15, 0.2) is 18.2 Å². The second-order valence-electron chi connectivity index (χ2n) is 5.80. The molecule has 1 aliphatic heterocycles. The fraction of sp³-hybridized carbons (Fsp3) is 0.600. The molecule has 118 valence electrons. The lowest BCUT2D eigenvalue weighted by Gasteiger charge is -2.26. The minimum Gasteiger partial charge on any atom is -0.392 e. The Balaban J connectivity index is 2.21. The summed E-state index contributed by atoms with van der Waals surface area (Å²) in [7, 11) is 3.72. The molecule has 1 saturated heterocycles. The molecule has 0 aromatic heterocycles. The van der Waals surface area contributed by atoms with Crippen molar-refractivity contribution in [1.82, 2.24) is 4.90 Å². The van der Waals surface area contributed by atoms with Crippen molar-refractivity contribution in [2.45, 2.75) is 19.2 Å². The van der Waals surface area contributed by atoms with Crippen molar-refractivity contribution in [3.05, 3.63) is 29.3 Å². The lowest BCUT2D eigenvalue weighted by molar-refractivity contribution is -0.137. The minimum atomic E-state index is -4.42. The van der Waals surface area contributed by atoms with Gasteiger partial charge in [-0.1, -0.05) is 6.07 Å². The number of hydrogen-bond donors (Lipinski definition) is 1. The van der Waals surface area contributed by atoms with E-state index >= 15 is 0 Å². The zero-order valence-electron chi connectivity index (χ0n) is 12.3. The van der Waals surface area contributed by atoms with Gasteiger partial charge in [0.25, 0.3) is 0 Å². The van der Waals surface area contributed by atoms with Crippen LogP contribution in [0, 0.1) is 5.92 Å². The predicted octanol–water partition coefficient (Wildman–Crippen LogP) is 2.59. The highest BCUT2D eigenvalue weighted by atomic mass is 19.4. The molecule has 1 aromatic rings. The highest BCUT2D eigenvalue weighted by Gasteiger charge is 2.35. The molecular weight excluding hydrogens is 281 g/mol. The number of halogens is 3. The van der Waals surface area contributed by atoms with Gasteiger partial charge in [-0.05, 0) is 43.6 Å². The summed E-state index contributed by atoms with van der Waals surface area (Å²) in [4.78, 5) is 3.87. The number of aliphatic hydroxyl groups excluding tert-OH is 1. The smallest absolute Gasteiger partial charge is 0.392 e. The van der Waals surface area contributed by atoms with Gasteiger partial charge in [0.1, 0.15) is 0 Å². The predicted molar refractivity (Wildman–Crippen MR) is 76.2 cm³/mol. The highest BCUT2D eigenvalue weighted by Crippen LogP contribution is 2.37. The van der Waals surface area contributed by atoms with Gasteiger partial charge in [0.05, 0.1) is 12.2 Å². The van der Waals surface area contributed by atoms with E-state index in [4.69, 9.17) is 5.11 Å². The van der Waals surface area contributed by atoms with Gasteiger partial charge >= 0.3 is 6.18 Å². The van der Waals surface area contributed by atoms with Crippen molar-refractivity contribution in [3.8, 4) is 0 Å². The number of aliphatic hydroxyl groups is 1. The quantitative estimate of drug-likeness (QED) is 0.926. The molecule has 1 atom stereocenters. The summed E-state index contributed by atoms with van der Waals surface area (Å²) in [5.74, 6) is 0.388. The zero-order chi connectivity index (χ0) is 15.6. The first-order chi connectivity index (χ1) is 9.81. The lowest BCUT2D eigenvalue weighted by atomic mass is 10.0. The van der Waals surface area contributed by atoms with E-state index in [1.54, 1.807) is 18.0 Å². The van der Waals surface area contributed by atoms with Gasteiger partial charge in [0, 0.05) is 25.8 Å². The SMILES string of the molecule is CN1CCC(CN(C)c2ccc(CO)cc2C(F)(F)F)C1. The Morgan fingerprint density at radius 2 is 2.10 bits per heavy atom. The Kier molecular flexibility index (Phi) is 4.78. The summed E-state index contributed by atoms with van der Waals surface area (Å²) in [6.07, 6.45) is -3.40. The Hall–Kier alpha value is -1.27. The molecule has 0 spiro atoms. The number of nitrogens with zero attached hydrogens (tertiary/aromatic N) is 2. The normalized spacial score (nSPS) is 20.0. The van der Waals surface area contributed by atoms with Crippen LogP contribution in [0.1, 0.15) is 17.5 Å². The number of rotatable bonds is 4. The summed E-state index contributed by atoms with van der Waals surface area (Å²) in [6, 6.07) is 4.03. The molecule has 0 aliphatic carbocycles. The van der Waals surface area contributed by atoms with Crippen molar-refractivity contribution in [3.63, 3.8) is 0 Å². The number of benzene rings is 1. The molecule has 6 heteroatoms. The van der Waals surface area contributed by atoms with Gasteiger partial charge < -0.3 is 14.9 Å². The molecule has 0 bridgehead atoms. The van der Waals surface area contributed by atoms with Gasteiger partial charge in [-0.25, -0.2) is 0 Å². The van der Waals surface area contributed by atoms with E-state index in [0.29, 0.717) is 12.5 Å². The summed E-state index contributed by atoms with van der Waals surface area (Å²) < 4.78 is 39.6. The van der Waals surface area contributed by atoms with E-state index < -0.39 is 11.7 Å². The maximum Gasteiger partial charge on any atom is 0.418 e. The second kappa shape index (κ2) is 6.23. The van der Waals surface area contributed by atoms with Gasteiger partial charge in [0.15, 0.2) is 0 Å². The third-order valence-electron chi connectivity index (χ3n) is 3.98. The van der Waals surface area contributed by atoms with E-state index in [0.717, 1.165) is 25.6 Å². The van der Waals surface area contributed by atoms with Crippen LogP contribution in [0.25, 0.3) is 0 Å². The molecule has 2 rings (SSSR count). The van der Waals surface area contributed by atoms with Crippen LogP contribution in [0.4, 0.5) is 18.9 Å². The van der Waals surface area contributed by atoms with E-state index in [2.05, 4.69) is 4.90 Å². The van der Waals surface area contributed by atoms with Crippen molar-refractivity contribution >= 4 is 5.69 Å². The average molecular weight is 302 g/mol. The molecule has 1 aliphatic rings. The van der Waals surface area contributed by atoms with Crippen LogP contribution < -0.4 is 4.90 Å². The Morgan fingerprint density at radius 3 is 2.62 bits per heavy atom. The monoisotopic (exact) mass is 302 g/mol. The highest BCUT2D eigenvalue weighted by molar-refractivity contribution is 5.56. The number of alkyl halides is 3. The molecule has 1 aromatic carbocycles. The maximum atomic E-state index is 13.2. The largest absolute Gasteiger partial charge is 0.418 e. The Bertz CT molecular complexity index is 490. The van der Waals surface area contributed by atoms with Crippen LogP contribution in [-0.2, 0) is 12.8 Å². The maximum absolute atomic E-state index is 13.2. The standard InChI is InChI=1S/C15H21F3N2O/c1-19-6-5-12(8-19)9-20(2)14-4-3-11(10-21)7-13(14)15(16,17)18/h3-4,7,12,21H,5-6,8-10H2,1-2H3. The van der Waals surface area contributed by atoms with E-state index in [1.165, 1.54) is 6.07 Å². The first kappa shape index (κ1) is 16.1. The summed E-state index contributed by atoms with van der Waals surface area (Å²) in [5.41, 5.74) is -0.225. The number of anilines is 1. The number of likely N-dealkylation sites (tertiary alicyclic amines) is 1. The molecule has 1 unspecified atom stereocenters. The van der Waals surface area contributed by atoms with Crippen molar-refractivity contribution < 1.29 is 18.3 Å². The lowest BCUT2D eigenvalue weighted by Crippen LogP contribution is -2.29. The fourth-order valence-electron chi connectivity index (χ4n) is 2.90. The van der Waals surface area contributed by atoms with Gasteiger partial charge in [-0.15, -0.1) is 0 Å². The molecule has 1 fully saturated rings. The van der Waals surface area contributed by atoms with E-state index in [9.17, 15) is 13.2 Å². The first-order valence-electron chi connectivity index (χ1n) is 7.02. The molecular formula is C15H21F3N2O. The van der Waals surface area contributed by atoms with Crippen LogP contribution in [0.2, 0.25) is 0 Å². The molecule has 0 radical (unpaired) electrons. The molecule has 21 heavy (non-hydrogen) atoms. The zero-order valence-corrected chi connectivity index (χ0v) is 12.3. The molecule has 1 heterocycles. The van der Waals surface area contributed by atoms with Crippen molar-refractivity contribution in [2.24, 2.45) is 5.92 Å². The number of hydrogen-bond acceptors (Lipinski definition) is 3. The Labute approximate surface area is 123 Å². The third-order valence-corrected chi connectivity index (χ3v) is 3.98. The topological polar surface area (TPSA) is 26.7 Å². The van der Waals surface area contributed by atoms with E-state index in [-0.39, 0.29) is 17.9 Å². The third kappa shape index (κ3) is 3.89. The summed E-state index contributed by atoms with van der Waals surface area (Å²) in [5, 5.41) is 9.03. The minimum absolute atomic E-state index is 0.175. The van der Waals surface area contributed by atoms with Crippen LogP contribution in [0.5, 0.6) is 0 Å². The first-order valence-corrected chi connectivity index (χ1v) is 7.02. The molecule has 1 N–H and O–H groups in total. The van der Waals surface area contributed by atoms with Gasteiger partial charge in [-0.3, -0.25) is 0 Å². The van der Waals surface area contributed by atoms with E-state index in [1.807, 2.05) is 7.05 Å². The Morgan fingerprint density at radius 1 is 1.38 bits per heavy atom. The molecule has 0 amide bonds.